The maximum atomic E-state index is 13.0. The zero-order valence-electron chi connectivity index (χ0n) is 17.2. The minimum atomic E-state index is -3.78. The standard InChI is InChI=1S/C21H24ClN3O5S/c1-14-12-25(13-15(2)30-14)31(28,29)19-5-3-4-17(11-19)21(27)24-23-20(26)10-16-6-8-18(22)9-7-16/h3-9,11,14-15H,10,12-13H2,1-2H3,(H,23,26)(H,24,27). The molecular weight excluding hydrogens is 442 g/mol. The molecule has 0 aliphatic carbocycles. The van der Waals surface area contributed by atoms with Crippen LogP contribution < -0.4 is 10.9 Å². The predicted molar refractivity (Wildman–Crippen MR) is 116 cm³/mol. The predicted octanol–water partition coefficient (Wildman–Crippen LogP) is 2.14. The Morgan fingerprint density at radius 3 is 2.35 bits per heavy atom. The third-order valence-electron chi connectivity index (χ3n) is 4.71. The van der Waals surface area contributed by atoms with E-state index in [-0.39, 0.29) is 42.2 Å². The Kier molecular flexibility index (Phi) is 7.32. The Bertz CT molecular complexity index is 1050. The van der Waals surface area contributed by atoms with E-state index in [2.05, 4.69) is 10.9 Å². The average Bonchev–Trinajstić information content (AvgIpc) is 2.73. The number of sulfonamides is 1. The topological polar surface area (TPSA) is 105 Å². The second kappa shape index (κ2) is 9.78. The molecule has 3 rings (SSSR count). The van der Waals surface area contributed by atoms with Gasteiger partial charge >= 0.3 is 0 Å². The lowest BCUT2D eigenvalue weighted by molar-refractivity contribution is -0.121. The van der Waals surface area contributed by atoms with Crippen molar-refractivity contribution in [1.82, 2.24) is 15.2 Å². The van der Waals surface area contributed by atoms with Gasteiger partial charge in [0.05, 0.1) is 23.5 Å². The number of hydrazine groups is 1. The van der Waals surface area contributed by atoms with E-state index >= 15 is 0 Å². The van der Waals surface area contributed by atoms with Crippen LogP contribution in [0.4, 0.5) is 0 Å². The second-order valence-corrected chi connectivity index (χ2v) is 9.79. The fourth-order valence-electron chi connectivity index (χ4n) is 3.30. The maximum Gasteiger partial charge on any atom is 0.269 e. The van der Waals surface area contributed by atoms with Crippen molar-refractivity contribution in [2.75, 3.05) is 13.1 Å². The van der Waals surface area contributed by atoms with Gasteiger partial charge in [0.15, 0.2) is 0 Å². The lowest BCUT2D eigenvalue weighted by Crippen LogP contribution is -2.48. The van der Waals surface area contributed by atoms with Gasteiger partial charge in [-0.05, 0) is 49.7 Å². The van der Waals surface area contributed by atoms with E-state index in [1.54, 1.807) is 24.3 Å². The van der Waals surface area contributed by atoms with Gasteiger partial charge in [-0.1, -0.05) is 29.8 Å². The number of hydrogen-bond donors (Lipinski definition) is 2. The number of halogens is 1. The Labute approximate surface area is 186 Å². The molecule has 0 saturated carbocycles. The quantitative estimate of drug-likeness (QED) is 0.658. The largest absolute Gasteiger partial charge is 0.373 e. The number of nitrogens with one attached hydrogen (secondary N) is 2. The Morgan fingerprint density at radius 2 is 1.71 bits per heavy atom. The Morgan fingerprint density at radius 1 is 1.06 bits per heavy atom. The van der Waals surface area contributed by atoms with Crippen LogP contribution in [-0.2, 0) is 26.0 Å². The summed E-state index contributed by atoms with van der Waals surface area (Å²) in [6.07, 6.45) is -0.388. The van der Waals surface area contributed by atoms with Crippen LogP contribution in [0, 0.1) is 0 Å². The SMILES string of the molecule is CC1CN(S(=O)(=O)c2cccc(C(=O)NNC(=O)Cc3ccc(Cl)cc3)c2)CC(C)O1. The molecule has 2 aromatic rings. The van der Waals surface area contributed by atoms with Gasteiger partial charge in [0.2, 0.25) is 15.9 Å². The number of nitrogens with zero attached hydrogens (tertiary/aromatic N) is 1. The summed E-state index contributed by atoms with van der Waals surface area (Å²) in [4.78, 5) is 24.5. The minimum absolute atomic E-state index is 0.00828. The van der Waals surface area contributed by atoms with E-state index in [1.807, 2.05) is 13.8 Å². The van der Waals surface area contributed by atoms with Crippen molar-refractivity contribution >= 4 is 33.4 Å². The van der Waals surface area contributed by atoms with E-state index in [0.717, 1.165) is 5.56 Å². The van der Waals surface area contributed by atoms with Crippen LogP contribution in [0.5, 0.6) is 0 Å². The van der Waals surface area contributed by atoms with Gasteiger partial charge in [0.25, 0.3) is 5.91 Å². The lowest BCUT2D eigenvalue weighted by atomic mass is 10.1. The van der Waals surface area contributed by atoms with Gasteiger partial charge in [-0.3, -0.25) is 20.4 Å². The Balaban J connectivity index is 1.64. The lowest BCUT2D eigenvalue weighted by Gasteiger charge is -2.34. The van der Waals surface area contributed by atoms with Gasteiger partial charge in [-0.15, -0.1) is 0 Å². The fraction of sp³-hybridized carbons (Fsp3) is 0.333. The highest BCUT2D eigenvalue weighted by molar-refractivity contribution is 7.89. The van der Waals surface area contributed by atoms with Crippen LogP contribution >= 0.6 is 11.6 Å². The molecule has 2 N–H and O–H groups in total. The minimum Gasteiger partial charge on any atom is -0.373 e. The first-order valence-electron chi connectivity index (χ1n) is 9.74. The van der Waals surface area contributed by atoms with Crippen molar-refractivity contribution in [3.63, 3.8) is 0 Å². The number of morpholine rings is 1. The molecule has 1 fully saturated rings. The number of benzene rings is 2. The molecule has 2 unspecified atom stereocenters. The van der Waals surface area contributed by atoms with Gasteiger partial charge in [0, 0.05) is 23.7 Å². The molecular formula is C21H24ClN3O5S. The van der Waals surface area contributed by atoms with E-state index < -0.39 is 21.8 Å². The zero-order valence-corrected chi connectivity index (χ0v) is 18.7. The van der Waals surface area contributed by atoms with E-state index in [9.17, 15) is 18.0 Å². The first kappa shape index (κ1) is 23.2. The highest BCUT2D eigenvalue weighted by atomic mass is 35.5. The van der Waals surface area contributed by atoms with Crippen molar-refractivity contribution in [1.29, 1.82) is 0 Å². The Hall–Kier alpha value is -2.46. The fourth-order valence-corrected chi connectivity index (χ4v) is 5.07. The number of carbonyl (C=O) groups is 2. The summed E-state index contributed by atoms with van der Waals surface area (Å²) < 4.78 is 33.0. The van der Waals surface area contributed by atoms with E-state index in [1.165, 1.54) is 28.6 Å². The van der Waals surface area contributed by atoms with Crippen molar-refractivity contribution < 1.29 is 22.7 Å². The molecule has 8 nitrogen and oxygen atoms in total. The maximum absolute atomic E-state index is 13.0. The molecule has 2 atom stereocenters. The van der Waals surface area contributed by atoms with Gasteiger partial charge in [-0.2, -0.15) is 4.31 Å². The molecule has 0 bridgehead atoms. The molecule has 1 aliphatic heterocycles. The third-order valence-corrected chi connectivity index (χ3v) is 6.79. The van der Waals surface area contributed by atoms with Crippen LogP contribution in [0.25, 0.3) is 0 Å². The first-order valence-corrected chi connectivity index (χ1v) is 11.6. The van der Waals surface area contributed by atoms with Crippen molar-refractivity contribution in [3.05, 3.63) is 64.7 Å². The van der Waals surface area contributed by atoms with Crippen LogP contribution in [-0.4, -0.2) is 49.8 Å². The average molecular weight is 466 g/mol. The number of hydrogen-bond acceptors (Lipinski definition) is 5. The molecule has 0 radical (unpaired) electrons. The molecule has 31 heavy (non-hydrogen) atoms. The van der Waals surface area contributed by atoms with Crippen molar-refractivity contribution in [3.8, 4) is 0 Å². The highest BCUT2D eigenvalue weighted by Crippen LogP contribution is 2.22. The molecule has 0 spiro atoms. The third kappa shape index (κ3) is 6.04. The summed E-state index contributed by atoms with van der Waals surface area (Å²) >= 11 is 5.82. The molecule has 0 aromatic heterocycles. The molecule has 166 valence electrons. The number of ether oxygens (including phenoxy) is 1. The van der Waals surface area contributed by atoms with E-state index in [0.29, 0.717) is 5.02 Å². The van der Waals surface area contributed by atoms with Crippen LogP contribution in [0.15, 0.2) is 53.4 Å². The summed E-state index contributed by atoms with van der Waals surface area (Å²) in [5, 5.41) is 0.563. The molecule has 1 heterocycles. The number of carbonyl (C=O) groups excluding carboxylic acids is 2. The normalized spacial score (nSPS) is 19.6. The molecule has 2 amide bonds. The van der Waals surface area contributed by atoms with Gasteiger partial charge in [0.1, 0.15) is 0 Å². The molecule has 1 saturated heterocycles. The van der Waals surface area contributed by atoms with Crippen LogP contribution in [0.1, 0.15) is 29.8 Å². The number of rotatable bonds is 5. The second-order valence-electron chi connectivity index (χ2n) is 7.41. The zero-order chi connectivity index (χ0) is 22.6. The highest BCUT2D eigenvalue weighted by Gasteiger charge is 2.32. The van der Waals surface area contributed by atoms with E-state index in [4.69, 9.17) is 16.3 Å². The molecule has 1 aliphatic rings. The summed E-state index contributed by atoms with van der Waals surface area (Å²) in [5.41, 5.74) is 5.49. The van der Waals surface area contributed by atoms with Crippen molar-refractivity contribution in [2.24, 2.45) is 0 Å². The van der Waals surface area contributed by atoms with Crippen LogP contribution in [0.2, 0.25) is 5.02 Å². The molecule has 2 aromatic carbocycles. The van der Waals surface area contributed by atoms with Gasteiger partial charge < -0.3 is 4.74 Å². The monoisotopic (exact) mass is 465 g/mol. The van der Waals surface area contributed by atoms with Gasteiger partial charge in [-0.25, -0.2) is 8.42 Å². The summed E-state index contributed by atoms with van der Waals surface area (Å²) in [5.74, 6) is -1.04. The molecule has 10 heteroatoms. The van der Waals surface area contributed by atoms with Crippen LogP contribution in [0.3, 0.4) is 0 Å². The number of amides is 2. The summed E-state index contributed by atoms with van der Waals surface area (Å²) in [7, 11) is -3.78. The summed E-state index contributed by atoms with van der Waals surface area (Å²) in [6, 6.07) is 12.5. The van der Waals surface area contributed by atoms with Crippen molar-refractivity contribution in [2.45, 2.75) is 37.4 Å². The summed E-state index contributed by atoms with van der Waals surface area (Å²) in [6.45, 7) is 4.11. The first-order chi connectivity index (χ1) is 14.6. The smallest absolute Gasteiger partial charge is 0.269 e.